The van der Waals surface area contributed by atoms with Crippen LogP contribution < -0.4 is 10.1 Å². The Bertz CT molecular complexity index is 591. The zero-order valence-electron chi connectivity index (χ0n) is 13.4. The number of benzene rings is 1. The number of carbonyl (C=O) groups excluding carboxylic acids is 2. The molecule has 1 aromatic carbocycles. The van der Waals surface area contributed by atoms with Gasteiger partial charge in [0, 0.05) is 24.1 Å². The molecular weight excluding hydrogens is 282 g/mol. The van der Waals surface area contributed by atoms with Crippen molar-refractivity contribution in [1.29, 1.82) is 0 Å². The van der Waals surface area contributed by atoms with Crippen molar-refractivity contribution in [1.82, 2.24) is 5.32 Å². The van der Waals surface area contributed by atoms with Gasteiger partial charge in [-0.2, -0.15) is 0 Å². The lowest BCUT2D eigenvalue weighted by atomic mass is 10.1. The van der Waals surface area contributed by atoms with Crippen LogP contribution in [0.4, 0.5) is 4.79 Å². The second-order valence-electron chi connectivity index (χ2n) is 5.55. The largest absolute Gasteiger partial charge is 0.497 e. The van der Waals surface area contributed by atoms with Gasteiger partial charge in [-0.15, -0.1) is 0 Å². The second kappa shape index (κ2) is 8.08. The van der Waals surface area contributed by atoms with Crippen LogP contribution in [0.15, 0.2) is 18.2 Å². The van der Waals surface area contributed by atoms with Gasteiger partial charge in [0.25, 0.3) is 0 Å². The summed E-state index contributed by atoms with van der Waals surface area (Å²) < 4.78 is 10.2. The van der Waals surface area contributed by atoms with Crippen molar-refractivity contribution in [3.63, 3.8) is 0 Å². The highest BCUT2D eigenvalue weighted by molar-refractivity contribution is 5.80. The number of methoxy groups -OCH3 is 1. The maximum atomic E-state index is 11.4. The first-order valence-electron chi connectivity index (χ1n) is 6.94. The molecule has 1 aromatic rings. The van der Waals surface area contributed by atoms with Crippen LogP contribution in [-0.4, -0.2) is 31.6 Å². The molecule has 1 rings (SSSR count). The first kappa shape index (κ1) is 17.6. The molecular formula is C17H21NO4. The van der Waals surface area contributed by atoms with E-state index in [-0.39, 0.29) is 0 Å². The highest BCUT2D eigenvalue weighted by Gasteiger charge is 2.15. The summed E-state index contributed by atoms with van der Waals surface area (Å²) in [6.45, 7) is 5.79. The normalized spacial score (nSPS) is 10.2. The van der Waals surface area contributed by atoms with Gasteiger partial charge in [0.05, 0.1) is 7.11 Å². The molecule has 5 heteroatoms. The van der Waals surface area contributed by atoms with E-state index in [2.05, 4.69) is 17.2 Å². The molecule has 0 aliphatic rings. The van der Waals surface area contributed by atoms with E-state index >= 15 is 0 Å². The minimum Gasteiger partial charge on any atom is -0.497 e. The lowest BCUT2D eigenvalue weighted by Crippen LogP contribution is -2.32. The zero-order chi connectivity index (χ0) is 16.6. The highest BCUT2D eigenvalue weighted by atomic mass is 16.6. The third-order valence-corrected chi connectivity index (χ3v) is 2.53. The van der Waals surface area contributed by atoms with Gasteiger partial charge in [-0.25, -0.2) is 4.79 Å². The lowest BCUT2D eigenvalue weighted by Gasteiger charge is -2.19. The molecule has 0 radical (unpaired) electrons. The van der Waals surface area contributed by atoms with Crippen molar-refractivity contribution in [3.05, 3.63) is 29.3 Å². The Kier molecular flexibility index (Phi) is 6.46. The van der Waals surface area contributed by atoms with E-state index in [4.69, 9.17) is 9.47 Å². The topological polar surface area (TPSA) is 64.6 Å². The van der Waals surface area contributed by atoms with Crippen LogP contribution in [0.25, 0.3) is 0 Å². The van der Waals surface area contributed by atoms with Crippen molar-refractivity contribution in [2.24, 2.45) is 0 Å². The Hall–Kier alpha value is -2.48. The Balaban J connectivity index is 2.51. The molecule has 0 bridgehead atoms. The first-order valence-corrected chi connectivity index (χ1v) is 6.94. The minimum atomic E-state index is -0.516. The summed E-state index contributed by atoms with van der Waals surface area (Å²) in [7, 11) is 1.54. The van der Waals surface area contributed by atoms with Crippen LogP contribution in [0, 0.1) is 11.8 Å². The number of carbonyl (C=O) groups is 2. The average molecular weight is 303 g/mol. The number of ether oxygens (including phenoxy) is 2. The smallest absolute Gasteiger partial charge is 0.407 e. The van der Waals surface area contributed by atoms with E-state index in [0.717, 1.165) is 6.29 Å². The van der Waals surface area contributed by atoms with E-state index in [1.165, 1.54) is 7.11 Å². The summed E-state index contributed by atoms with van der Waals surface area (Å²) in [4.78, 5) is 22.4. The van der Waals surface area contributed by atoms with Gasteiger partial charge in [-0.3, -0.25) is 4.79 Å². The third-order valence-electron chi connectivity index (χ3n) is 2.53. The fourth-order valence-corrected chi connectivity index (χ4v) is 1.58. The van der Waals surface area contributed by atoms with E-state index < -0.39 is 11.7 Å². The van der Waals surface area contributed by atoms with Gasteiger partial charge in [0.1, 0.15) is 11.4 Å². The van der Waals surface area contributed by atoms with E-state index in [1.807, 2.05) is 0 Å². The molecule has 0 saturated carbocycles. The molecule has 0 atom stereocenters. The molecule has 0 aliphatic heterocycles. The molecule has 0 aliphatic carbocycles. The number of nitrogens with one attached hydrogen (secondary N) is 1. The number of hydrogen-bond acceptors (Lipinski definition) is 4. The van der Waals surface area contributed by atoms with Crippen molar-refractivity contribution >= 4 is 12.4 Å². The second-order valence-corrected chi connectivity index (χ2v) is 5.55. The summed E-state index contributed by atoms with van der Waals surface area (Å²) >= 11 is 0. The van der Waals surface area contributed by atoms with Crippen LogP contribution in [0.2, 0.25) is 0 Å². The third kappa shape index (κ3) is 6.31. The van der Waals surface area contributed by atoms with Crippen molar-refractivity contribution in [3.8, 4) is 17.6 Å². The molecule has 0 saturated heterocycles. The lowest BCUT2D eigenvalue weighted by molar-refractivity contribution is 0.0529. The van der Waals surface area contributed by atoms with Crippen molar-refractivity contribution in [2.45, 2.75) is 32.8 Å². The molecule has 118 valence electrons. The number of rotatable bonds is 4. The first-order chi connectivity index (χ1) is 10.4. The van der Waals surface area contributed by atoms with Crippen LogP contribution in [0.5, 0.6) is 5.75 Å². The van der Waals surface area contributed by atoms with Gasteiger partial charge in [-0.1, -0.05) is 11.8 Å². The Labute approximate surface area is 131 Å². The van der Waals surface area contributed by atoms with Gasteiger partial charge in [0.15, 0.2) is 6.29 Å². The minimum absolute atomic E-state index is 0.383. The van der Waals surface area contributed by atoms with Crippen molar-refractivity contribution < 1.29 is 19.1 Å². The number of hydrogen-bond donors (Lipinski definition) is 1. The van der Waals surface area contributed by atoms with E-state index in [9.17, 15) is 9.59 Å². The van der Waals surface area contributed by atoms with Crippen LogP contribution in [-0.2, 0) is 4.74 Å². The maximum absolute atomic E-state index is 11.4. The molecule has 0 fully saturated rings. The zero-order valence-corrected chi connectivity index (χ0v) is 13.4. The summed E-state index contributed by atoms with van der Waals surface area (Å²) in [5, 5.41) is 2.62. The molecule has 0 aromatic heterocycles. The summed E-state index contributed by atoms with van der Waals surface area (Å²) in [6.07, 6.45) is 0.738. The quantitative estimate of drug-likeness (QED) is 0.528. The standard InChI is InChI=1S/C17H21NO4/c1-17(2,3)22-16(20)18-10-6-5-7-13-8-9-15(21-4)11-14(13)12-19/h8-9,11-12H,6,10H2,1-4H3,(H,18,20). The van der Waals surface area contributed by atoms with E-state index in [1.54, 1.807) is 39.0 Å². The molecule has 0 spiro atoms. The van der Waals surface area contributed by atoms with Crippen LogP contribution >= 0.6 is 0 Å². The fourth-order valence-electron chi connectivity index (χ4n) is 1.58. The molecule has 0 unspecified atom stereocenters. The van der Waals surface area contributed by atoms with Crippen LogP contribution in [0.3, 0.4) is 0 Å². The Morgan fingerprint density at radius 2 is 2.09 bits per heavy atom. The molecule has 22 heavy (non-hydrogen) atoms. The van der Waals surface area contributed by atoms with Gasteiger partial charge >= 0.3 is 6.09 Å². The number of alkyl carbamates (subject to hydrolysis) is 1. The average Bonchev–Trinajstić information content (AvgIpc) is 2.45. The molecule has 1 N–H and O–H groups in total. The van der Waals surface area contributed by atoms with Crippen molar-refractivity contribution in [2.75, 3.05) is 13.7 Å². The molecule has 1 amide bonds. The predicted molar refractivity (Wildman–Crippen MR) is 84.1 cm³/mol. The SMILES string of the molecule is COc1ccc(C#CCCNC(=O)OC(C)(C)C)c(C=O)c1. The van der Waals surface area contributed by atoms with Crippen LogP contribution in [0.1, 0.15) is 43.1 Å². The summed E-state index contributed by atoms with van der Waals surface area (Å²) in [5.74, 6) is 6.43. The summed E-state index contributed by atoms with van der Waals surface area (Å²) in [6, 6.07) is 5.11. The molecule has 0 heterocycles. The van der Waals surface area contributed by atoms with E-state index in [0.29, 0.717) is 29.8 Å². The monoisotopic (exact) mass is 303 g/mol. The Morgan fingerprint density at radius 3 is 2.68 bits per heavy atom. The Morgan fingerprint density at radius 1 is 1.36 bits per heavy atom. The highest BCUT2D eigenvalue weighted by Crippen LogP contribution is 2.15. The van der Waals surface area contributed by atoms with Gasteiger partial charge in [0.2, 0.25) is 0 Å². The predicted octanol–water partition coefficient (Wildman–Crippen LogP) is 2.77. The van der Waals surface area contributed by atoms with Gasteiger partial charge < -0.3 is 14.8 Å². The fraction of sp³-hybridized carbons (Fsp3) is 0.412. The summed E-state index contributed by atoms with van der Waals surface area (Å²) in [5.41, 5.74) is 0.595. The number of aldehydes is 1. The number of amides is 1. The molecule has 5 nitrogen and oxygen atoms in total. The maximum Gasteiger partial charge on any atom is 0.407 e. The van der Waals surface area contributed by atoms with Gasteiger partial charge in [-0.05, 0) is 39.0 Å².